The summed E-state index contributed by atoms with van der Waals surface area (Å²) >= 11 is 0. The molecule has 30 heavy (non-hydrogen) atoms. The molecule has 2 aromatic rings. The number of hydrogen-bond acceptors (Lipinski definition) is 5. The number of carboxylic acid groups (broad SMARTS) is 1. The molecule has 1 amide bonds. The number of benzene rings is 1. The molecule has 0 radical (unpaired) electrons. The predicted octanol–water partition coefficient (Wildman–Crippen LogP) is 3.83. The summed E-state index contributed by atoms with van der Waals surface area (Å²) in [4.78, 5) is 43.0. The second-order valence-corrected chi connectivity index (χ2v) is 8.98. The predicted molar refractivity (Wildman–Crippen MR) is 113 cm³/mol. The lowest BCUT2D eigenvalue weighted by Crippen LogP contribution is -2.44. The van der Waals surface area contributed by atoms with E-state index >= 15 is 0 Å². The van der Waals surface area contributed by atoms with Crippen LogP contribution in [0.5, 0.6) is 0 Å². The van der Waals surface area contributed by atoms with Gasteiger partial charge in [0.2, 0.25) is 5.69 Å². The van der Waals surface area contributed by atoms with Crippen LogP contribution in [0.25, 0.3) is 11.0 Å². The highest BCUT2D eigenvalue weighted by Gasteiger charge is 2.38. The summed E-state index contributed by atoms with van der Waals surface area (Å²) in [6.45, 7) is 9.36. The van der Waals surface area contributed by atoms with Gasteiger partial charge in [0, 0.05) is 18.1 Å². The van der Waals surface area contributed by atoms with Crippen LogP contribution in [0.2, 0.25) is 0 Å². The molecule has 1 fully saturated rings. The zero-order chi connectivity index (χ0) is 22.2. The van der Waals surface area contributed by atoms with E-state index in [1.807, 2.05) is 34.6 Å². The molecule has 3 atom stereocenters. The highest BCUT2D eigenvalue weighted by atomic mass is 16.6. The molecule has 2 heterocycles. The Morgan fingerprint density at radius 2 is 1.93 bits per heavy atom. The molecule has 1 saturated heterocycles. The summed E-state index contributed by atoms with van der Waals surface area (Å²) in [5, 5.41) is 9.43. The Morgan fingerprint density at radius 3 is 2.57 bits per heavy atom. The van der Waals surface area contributed by atoms with Crippen molar-refractivity contribution < 1.29 is 19.4 Å². The number of ether oxygens (including phenoxy) is 1. The fourth-order valence-electron chi connectivity index (χ4n) is 4.18. The number of rotatable bonds is 4. The van der Waals surface area contributed by atoms with E-state index < -0.39 is 22.8 Å². The smallest absolute Gasteiger partial charge is 0.410 e. The highest BCUT2D eigenvalue weighted by Crippen LogP contribution is 2.32. The molecule has 8 nitrogen and oxygen atoms in total. The molecule has 0 bridgehead atoms. The molecule has 8 heteroatoms. The average Bonchev–Trinajstić information content (AvgIpc) is 2.99. The first kappa shape index (κ1) is 21.8. The van der Waals surface area contributed by atoms with E-state index in [1.54, 1.807) is 29.2 Å². The fourth-order valence-corrected chi connectivity index (χ4v) is 4.18. The van der Waals surface area contributed by atoms with Crippen LogP contribution >= 0.6 is 0 Å². The Morgan fingerprint density at radius 1 is 1.27 bits per heavy atom. The van der Waals surface area contributed by atoms with Gasteiger partial charge in [-0.3, -0.25) is 4.79 Å². The molecule has 0 aliphatic carbocycles. The van der Waals surface area contributed by atoms with Gasteiger partial charge in [0.15, 0.2) is 0 Å². The first-order valence-corrected chi connectivity index (χ1v) is 10.3. The Bertz CT molecular complexity index is 1020. The molecule has 1 aliphatic rings. The fraction of sp³-hybridized carbons (Fsp3) is 0.545. The number of nitrogens with zero attached hydrogens (tertiary/aromatic N) is 3. The maximum atomic E-state index is 12.9. The number of carboxylic acids is 1. The molecule has 1 unspecified atom stereocenters. The van der Waals surface area contributed by atoms with Gasteiger partial charge in [0.25, 0.3) is 5.56 Å². The van der Waals surface area contributed by atoms with Gasteiger partial charge < -0.3 is 19.3 Å². The van der Waals surface area contributed by atoms with Gasteiger partial charge >= 0.3 is 12.1 Å². The third-order valence-electron chi connectivity index (χ3n) is 5.44. The number of aromatic carboxylic acids is 1. The third kappa shape index (κ3) is 4.32. The Hall–Kier alpha value is -2.90. The largest absolute Gasteiger partial charge is 0.476 e. The summed E-state index contributed by atoms with van der Waals surface area (Å²) in [7, 11) is 0. The maximum absolute atomic E-state index is 12.9. The standard InChI is InChI=1S/C22H29N3O5/c1-13-10-11-15(24(13)21(29)30-22(3,4)5)12-14(2)25-17-9-7-6-8-16(17)23-18(19(25)26)20(27)28/h6-9,13-15H,10-12H2,1-5H3,(H,27,28)/t13?,14-,15-/m0/s1. The molecule has 0 spiro atoms. The minimum absolute atomic E-state index is 0.0394. The summed E-state index contributed by atoms with van der Waals surface area (Å²) in [6.07, 6.45) is 1.80. The van der Waals surface area contributed by atoms with Crippen molar-refractivity contribution in [1.82, 2.24) is 14.5 Å². The topological polar surface area (TPSA) is 102 Å². The molecule has 0 saturated carbocycles. The van der Waals surface area contributed by atoms with Gasteiger partial charge in [0.1, 0.15) is 5.60 Å². The zero-order valence-electron chi connectivity index (χ0n) is 18.1. The Kier molecular flexibility index (Phi) is 5.87. The van der Waals surface area contributed by atoms with Crippen LogP contribution in [0.3, 0.4) is 0 Å². The van der Waals surface area contributed by atoms with Gasteiger partial charge in [-0.05, 0) is 66.0 Å². The molecule has 1 aliphatic heterocycles. The molecular weight excluding hydrogens is 386 g/mol. The number of carbonyl (C=O) groups excluding carboxylic acids is 1. The quantitative estimate of drug-likeness (QED) is 0.814. The van der Waals surface area contributed by atoms with Gasteiger partial charge in [-0.2, -0.15) is 0 Å². The van der Waals surface area contributed by atoms with Crippen LogP contribution in [0.1, 0.15) is 70.4 Å². The van der Waals surface area contributed by atoms with Crippen molar-refractivity contribution in [2.75, 3.05) is 0 Å². The van der Waals surface area contributed by atoms with Crippen molar-refractivity contribution >= 4 is 23.1 Å². The van der Waals surface area contributed by atoms with Gasteiger partial charge in [-0.1, -0.05) is 12.1 Å². The molecule has 3 rings (SSSR count). The second-order valence-electron chi connectivity index (χ2n) is 8.98. The third-order valence-corrected chi connectivity index (χ3v) is 5.44. The monoisotopic (exact) mass is 415 g/mol. The lowest BCUT2D eigenvalue weighted by atomic mass is 10.1. The summed E-state index contributed by atoms with van der Waals surface area (Å²) in [5.41, 5.74) is -0.697. The number of fused-ring (bicyclic) bond motifs is 1. The van der Waals surface area contributed by atoms with Crippen LogP contribution in [0, 0.1) is 0 Å². The van der Waals surface area contributed by atoms with Gasteiger partial charge in [-0.25, -0.2) is 14.6 Å². The summed E-state index contributed by atoms with van der Waals surface area (Å²) in [5.74, 6) is -1.35. The van der Waals surface area contributed by atoms with Crippen LogP contribution in [-0.2, 0) is 4.74 Å². The van der Waals surface area contributed by atoms with Crippen LogP contribution in [0.4, 0.5) is 4.79 Å². The van der Waals surface area contributed by atoms with Crippen molar-refractivity contribution in [2.24, 2.45) is 0 Å². The minimum Gasteiger partial charge on any atom is -0.476 e. The van der Waals surface area contributed by atoms with E-state index in [0.717, 1.165) is 12.8 Å². The molecule has 1 aromatic carbocycles. The van der Waals surface area contributed by atoms with Gasteiger partial charge in [0.05, 0.1) is 11.0 Å². The molecular formula is C22H29N3O5. The Labute approximate surface area is 175 Å². The van der Waals surface area contributed by atoms with E-state index in [0.29, 0.717) is 17.5 Å². The lowest BCUT2D eigenvalue weighted by molar-refractivity contribution is 0.0144. The molecule has 162 valence electrons. The van der Waals surface area contributed by atoms with Crippen LogP contribution < -0.4 is 5.56 Å². The van der Waals surface area contributed by atoms with E-state index in [4.69, 9.17) is 4.74 Å². The second kappa shape index (κ2) is 8.08. The van der Waals surface area contributed by atoms with E-state index in [-0.39, 0.29) is 24.2 Å². The maximum Gasteiger partial charge on any atom is 0.410 e. The van der Waals surface area contributed by atoms with Gasteiger partial charge in [-0.15, -0.1) is 0 Å². The normalized spacial score (nSPS) is 20.4. The molecule has 1 aromatic heterocycles. The summed E-state index contributed by atoms with van der Waals surface area (Å²) < 4.78 is 7.07. The van der Waals surface area contributed by atoms with Crippen molar-refractivity contribution in [1.29, 1.82) is 0 Å². The highest BCUT2D eigenvalue weighted by molar-refractivity contribution is 5.88. The number of carbonyl (C=O) groups is 2. The number of aromatic nitrogens is 2. The van der Waals surface area contributed by atoms with Crippen molar-refractivity contribution in [3.05, 3.63) is 40.3 Å². The zero-order valence-corrected chi connectivity index (χ0v) is 18.1. The summed E-state index contributed by atoms with van der Waals surface area (Å²) in [6, 6.07) is 6.60. The molecule has 1 N–H and O–H groups in total. The van der Waals surface area contributed by atoms with Crippen LogP contribution in [-0.4, -0.2) is 49.3 Å². The number of para-hydroxylation sites is 2. The van der Waals surface area contributed by atoms with Crippen molar-refractivity contribution in [3.63, 3.8) is 0 Å². The SMILES string of the molecule is CC1CC[C@@H](C[C@H](C)n2c(=O)c(C(=O)O)nc3ccccc32)N1C(=O)OC(C)(C)C. The number of likely N-dealkylation sites (tertiary alicyclic amines) is 1. The Balaban J connectivity index is 1.95. The average molecular weight is 415 g/mol. The minimum atomic E-state index is -1.35. The van der Waals surface area contributed by atoms with E-state index in [2.05, 4.69) is 4.98 Å². The van der Waals surface area contributed by atoms with E-state index in [1.165, 1.54) is 4.57 Å². The first-order valence-electron chi connectivity index (χ1n) is 10.3. The van der Waals surface area contributed by atoms with E-state index in [9.17, 15) is 19.5 Å². The van der Waals surface area contributed by atoms with Crippen LogP contribution in [0.15, 0.2) is 29.1 Å². The lowest BCUT2D eigenvalue weighted by Gasteiger charge is -2.33. The number of hydrogen-bond donors (Lipinski definition) is 1. The van der Waals surface area contributed by atoms with Crippen molar-refractivity contribution in [2.45, 2.75) is 77.6 Å². The number of amides is 1. The first-order chi connectivity index (χ1) is 14.0. The van der Waals surface area contributed by atoms with Crippen molar-refractivity contribution in [3.8, 4) is 0 Å².